The third kappa shape index (κ3) is 4.24. The molecule has 0 atom stereocenters. The predicted molar refractivity (Wildman–Crippen MR) is 103 cm³/mol. The second-order valence-corrected chi connectivity index (χ2v) is 11.4. The average molecular weight is 455 g/mol. The molecule has 142 valence electrons. The van der Waals surface area contributed by atoms with Gasteiger partial charge in [-0.05, 0) is 42.5 Å². The lowest BCUT2D eigenvalue weighted by molar-refractivity contribution is 0.308. The Balaban J connectivity index is 1.67. The van der Waals surface area contributed by atoms with Crippen LogP contribution in [0.2, 0.25) is 10.0 Å². The minimum Gasteiger partial charge on any atom is -0.207 e. The van der Waals surface area contributed by atoms with Gasteiger partial charge >= 0.3 is 0 Å². The van der Waals surface area contributed by atoms with Gasteiger partial charge in [-0.2, -0.15) is 4.31 Å². The van der Waals surface area contributed by atoms with Crippen molar-refractivity contribution < 1.29 is 16.8 Å². The molecule has 0 unspecified atom stereocenters. The summed E-state index contributed by atoms with van der Waals surface area (Å²) < 4.78 is 54.2. The van der Waals surface area contributed by atoms with E-state index in [1.807, 2.05) is 0 Å². The molecule has 6 nitrogen and oxygen atoms in total. The van der Waals surface area contributed by atoms with Crippen LogP contribution in [-0.4, -0.2) is 40.3 Å². The number of thiophene rings is 1. The molecule has 2 heterocycles. The van der Waals surface area contributed by atoms with Crippen LogP contribution in [0, 0.1) is 0 Å². The van der Waals surface area contributed by atoms with Crippen molar-refractivity contribution in [2.24, 2.45) is 0 Å². The van der Waals surface area contributed by atoms with Crippen LogP contribution < -0.4 is 4.72 Å². The van der Waals surface area contributed by atoms with Gasteiger partial charge in [0.2, 0.25) is 20.0 Å². The zero-order valence-electron chi connectivity index (χ0n) is 13.4. The standard InChI is InChI=1S/C15H16Cl2N2O4S3/c16-13-4-3-12(10-14(13)17)26(22,23)19-7-5-11(6-8-19)18-25(20,21)15-2-1-9-24-15/h1-4,9-11,18H,5-8H2. The molecule has 0 aliphatic carbocycles. The van der Waals surface area contributed by atoms with Crippen molar-refractivity contribution in [2.75, 3.05) is 13.1 Å². The smallest absolute Gasteiger partial charge is 0.207 e. The molecule has 1 saturated heterocycles. The van der Waals surface area contributed by atoms with Crippen molar-refractivity contribution in [2.45, 2.75) is 28.0 Å². The Hall–Kier alpha value is -0.680. The average Bonchev–Trinajstić information content (AvgIpc) is 3.13. The number of nitrogens with one attached hydrogen (secondary N) is 1. The molecule has 1 aromatic carbocycles. The molecule has 11 heteroatoms. The fraction of sp³-hybridized carbons (Fsp3) is 0.333. The van der Waals surface area contributed by atoms with E-state index >= 15 is 0 Å². The molecule has 1 fully saturated rings. The third-order valence-electron chi connectivity index (χ3n) is 4.06. The number of hydrogen-bond acceptors (Lipinski definition) is 5. The first-order valence-corrected chi connectivity index (χ1v) is 12.3. The summed E-state index contributed by atoms with van der Waals surface area (Å²) in [7, 11) is -7.26. The maximum absolute atomic E-state index is 12.7. The van der Waals surface area contributed by atoms with Crippen LogP contribution in [0.3, 0.4) is 0 Å². The Labute approximate surface area is 166 Å². The van der Waals surface area contributed by atoms with E-state index in [4.69, 9.17) is 23.2 Å². The number of hydrogen-bond donors (Lipinski definition) is 1. The Morgan fingerprint density at radius 3 is 2.31 bits per heavy atom. The molecule has 1 aliphatic heterocycles. The molecule has 1 aliphatic rings. The largest absolute Gasteiger partial charge is 0.250 e. The van der Waals surface area contributed by atoms with Crippen molar-refractivity contribution >= 4 is 54.6 Å². The third-order valence-corrected chi connectivity index (χ3v) is 9.62. The zero-order valence-corrected chi connectivity index (χ0v) is 17.4. The van der Waals surface area contributed by atoms with Gasteiger partial charge in [-0.25, -0.2) is 21.6 Å². The molecule has 0 saturated carbocycles. The SMILES string of the molecule is O=S(=O)(NC1CCN(S(=O)(=O)c2ccc(Cl)c(Cl)c2)CC1)c1cccs1. The van der Waals surface area contributed by atoms with E-state index in [-0.39, 0.29) is 38.3 Å². The summed E-state index contributed by atoms with van der Waals surface area (Å²) in [6.45, 7) is 0.445. The van der Waals surface area contributed by atoms with Gasteiger partial charge in [-0.15, -0.1) is 11.3 Å². The molecule has 0 amide bonds. The summed E-state index contributed by atoms with van der Waals surface area (Å²) >= 11 is 12.9. The molecule has 3 rings (SSSR count). The van der Waals surface area contributed by atoms with Crippen molar-refractivity contribution in [3.63, 3.8) is 0 Å². The summed E-state index contributed by atoms with van der Waals surface area (Å²) in [5, 5.41) is 2.15. The van der Waals surface area contributed by atoms with Gasteiger partial charge < -0.3 is 0 Å². The lowest BCUT2D eigenvalue weighted by Gasteiger charge is -2.31. The van der Waals surface area contributed by atoms with Gasteiger partial charge in [0.15, 0.2) is 0 Å². The lowest BCUT2D eigenvalue weighted by Crippen LogP contribution is -2.46. The normalized spacial score (nSPS) is 17.5. The maximum atomic E-state index is 12.7. The molecular weight excluding hydrogens is 439 g/mol. The van der Waals surface area contributed by atoms with E-state index in [0.717, 1.165) is 11.3 Å². The van der Waals surface area contributed by atoms with Crippen LogP contribution in [0.4, 0.5) is 0 Å². The molecule has 0 radical (unpaired) electrons. The van der Waals surface area contributed by atoms with Crippen LogP contribution in [-0.2, 0) is 20.0 Å². The van der Waals surface area contributed by atoms with E-state index < -0.39 is 20.0 Å². The number of piperidine rings is 1. The van der Waals surface area contributed by atoms with Gasteiger partial charge in [0.05, 0.1) is 14.9 Å². The Morgan fingerprint density at radius 2 is 1.73 bits per heavy atom. The predicted octanol–water partition coefficient (Wildman–Crippen LogP) is 3.19. The van der Waals surface area contributed by atoms with Crippen LogP contribution in [0.25, 0.3) is 0 Å². The highest BCUT2D eigenvalue weighted by molar-refractivity contribution is 7.91. The Kier molecular flexibility index (Phi) is 5.98. The molecular formula is C15H16Cl2N2O4S3. The molecule has 1 aromatic heterocycles. The number of nitrogens with zero attached hydrogens (tertiary/aromatic N) is 1. The topological polar surface area (TPSA) is 83.6 Å². The van der Waals surface area contributed by atoms with Crippen LogP contribution >= 0.6 is 34.5 Å². The highest BCUT2D eigenvalue weighted by atomic mass is 35.5. The van der Waals surface area contributed by atoms with Crippen molar-refractivity contribution in [3.05, 3.63) is 45.8 Å². The molecule has 0 spiro atoms. The summed E-state index contributed by atoms with van der Waals surface area (Å²) in [5.74, 6) is 0. The summed E-state index contributed by atoms with van der Waals surface area (Å²) in [6, 6.07) is 7.09. The van der Waals surface area contributed by atoms with E-state index in [1.54, 1.807) is 11.4 Å². The lowest BCUT2D eigenvalue weighted by atomic mass is 10.1. The highest BCUT2D eigenvalue weighted by Crippen LogP contribution is 2.28. The monoisotopic (exact) mass is 454 g/mol. The van der Waals surface area contributed by atoms with Gasteiger partial charge in [0.1, 0.15) is 4.21 Å². The first kappa shape index (κ1) is 20.1. The van der Waals surface area contributed by atoms with Crippen molar-refractivity contribution in [1.29, 1.82) is 0 Å². The maximum Gasteiger partial charge on any atom is 0.250 e. The number of rotatable bonds is 5. The summed E-state index contributed by atoms with van der Waals surface area (Å²) in [4.78, 5) is 0.0736. The summed E-state index contributed by atoms with van der Waals surface area (Å²) in [5.41, 5.74) is 0. The number of halogens is 2. The van der Waals surface area contributed by atoms with Gasteiger partial charge in [0, 0.05) is 19.1 Å². The van der Waals surface area contributed by atoms with Crippen molar-refractivity contribution in [1.82, 2.24) is 9.03 Å². The van der Waals surface area contributed by atoms with E-state index in [2.05, 4.69) is 4.72 Å². The molecule has 1 N–H and O–H groups in total. The quantitative estimate of drug-likeness (QED) is 0.751. The first-order chi connectivity index (χ1) is 12.2. The summed E-state index contributed by atoms with van der Waals surface area (Å²) in [6.07, 6.45) is 0.788. The van der Waals surface area contributed by atoms with Crippen LogP contribution in [0.1, 0.15) is 12.8 Å². The number of sulfonamides is 2. The Morgan fingerprint density at radius 1 is 1.04 bits per heavy atom. The van der Waals surface area contributed by atoms with Crippen LogP contribution in [0.5, 0.6) is 0 Å². The fourth-order valence-electron chi connectivity index (χ4n) is 2.69. The minimum absolute atomic E-state index is 0.0736. The zero-order chi connectivity index (χ0) is 18.9. The van der Waals surface area contributed by atoms with Gasteiger partial charge in [0.25, 0.3) is 0 Å². The first-order valence-electron chi connectivity index (χ1n) is 7.71. The van der Waals surface area contributed by atoms with Gasteiger partial charge in [-0.1, -0.05) is 29.3 Å². The second-order valence-electron chi connectivity index (χ2n) is 5.81. The van der Waals surface area contributed by atoms with E-state index in [9.17, 15) is 16.8 Å². The molecule has 0 bridgehead atoms. The van der Waals surface area contributed by atoms with Crippen LogP contribution in [0.15, 0.2) is 44.8 Å². The Bertz CT molecular complexity index is 984. The van der Waals surface area contributed by atoms with E-state index in [1.165, 1.54) is 28.6 Å². The van der Waals surface area contributed by atoms with E-state index in [0.29, 0.717) is 12.8 Å². The minimum atomic E-state index is -3.70. The fourth-order valence-corrected chi connectivity index (χ4v) is 6.87. The second kappa shape index (κ2) is 7.75. The van der Waals surface area contributed by atoms with Crippen molar-refractivity contribution in [3.8, 4) is 0 Å². The highest BCUT2D eigenvalue weighted by Gasteiger charge is 2.31. The molecule has 26 heavy (non-hydrogen) atoms. The molecule has 2 aromatic rings. The number of benzene rings is 1. The van der Waals surface area contributed by atoms with Gasteiger partial charge in [-0.3, -0.25) is 0 Å².